The predicted molar refractivity (Wildman–Crippen MR) is 62.8 cm³/mol. The molecule has 1 amide bonds. The Kier molecular flexibility index (Phi) is 3.25. The second kappa shape index (κ2) is 5.02. The van der Waals surface area contributed by atoms with Crippen LogP contribution in [0.1, 0.15) is 5.69 Å². The molecule has 0 fully saturated rings. The van der Waals surface area contributed by atoms with Gasteiger partial charge in [-0.3, -0.25) is 15.6 Å². The van der Waals surface area contributed by atoms with Gasteiger partial charge in [0, 0.05) is 5.56 Å². The summed E-state index contributed by atoms with van der Waals surface area (Å²) in [5.41, 5.74) is 7.19. The lowest BCUT2D eigenvalue weighted by Gasteiger charge is -2.06. The molecule has 0 saturated heterocycles. The van der Waals surface area contributed by atoms with Crippen LogP contribution >= 0.6 is 0 Å². The zero-order valence-electron chi connectivity index (χ0n) is 9.21. The smallest absolute Gasteiger partial charge is 0.261 e. The normalized spacial score (nSPS) is 9.71. The fraction of sp³-hybridized carbons (Fsp3) is 0.0909. The van der Waals surface area contributed by atoms with Crippen molar-refractivity contribution in [3.63, 3.8) is 0 Å². The quantitative estimate of drug-likeness (QED) is 0.602. The SMILES string of the molecule is Cc1nc(NNC=O)nnc1-c1ccccc1. The Hall–Kier alpha value is -2.50. The summed E-state index contributed by atoms with van der Waals surface area (Å²) in [4.78, 5) is 14.3. The van der Waals surface area contributed by atoms with Crippen molar-refractivity contribution in [1.29, 1.82) is 0 Å². The topological polar surface area (TPSA) is 79.8 Å². The number of hydrazine groups is 1. The molecule has 0 saturated carbocycles. The van der Waals surface area contributed by atoms with E-state index in [1.165, 1.54) is 0 Å². The first-order chi connectivity index (χ1) is 8.31. The molecule has 17 heavy (non-hydrogen) atoms. The van der Waals surface area contributed by atoms with Crippen molar-refractivity contribution in [3.05, 3.63) is 36.0 Å². The average molecular weight is 229 g/mol. The molecule has 86 valence electrons. The molecule has 0 aliphatic carbocycles. The summed E-state index contributed by atoms with van der Waals surface area (Å²) >= 11 is 0. The number of rotatable bonds is 4. The van der Waals surface area contributed by atoms with Gasteiger partial charge in [-0.05, 0) is 6.92 Å². The fourth-order valence-electron chi connectivity index (χ4n) is 1.41. The number of carbonyl (C=O) groups is 1. The third-order valence-corrected chi connectivity index (χ3v) is 2.15. The summed E-state index contributed by atoms with van der Waals surface area (Å²) in [6, 6.07) is 9.67. The molecule has 1 heterocycles. The van der Waals surface area contributed by atoms with Gasteiger partial charge in [0.15, 0.2) is 0 Å². The molecule has 0 aliphatic rings. The molecule has 1 aromatic heterocycles. The molecular weight excluding hydrogens is 218 g/mol. The van der Waals surface area contributed by atoms with E-state index in [0.717, 1.165) is 17.0 Å². The fourth-order valence-corrected chi connectivity index (χ4v) is 1.41. The van der Waals surface area contributed by atoms with Crippen LogP contribution in [0.25, 0.3) is 11.3 Å². The molecule has 6 nitrogen and oxygen atoms in total. The highest BCUT2D eigenvalue weighted by molar-refractivity contribution is 5.61. The number of benzene rings is 1. The third-order valence-electron chi connectivity index (χ3n) is 2.15. The molecule has 1 aromatic carbocycles. The second-order valence-corrected chi connectivity index (χ2v) is 3.32. The van der Waals surface area contributed by atoms with E-state index in [1.807, 2.05) is 37.3 Å². The van der Waals surface area contributed by atoms with Gasteiger partial charge in [-0.2, -0.15) is 0 Å². The van der Waals surface area contributed by atoms with E-state index < -0.39 is 0 Å². The number of anilines is 1. The van der Waals surface area contributed by atoms with E-state index in [4.69, 9.17) is 0 Å². The number of hydrogen-bond acceptors (Lipinski definition) is 5. The van der Waals surface area contributed by atoms with Crippen molar-refractivity contribution in [1.82, 2.24) is 20.6 Å². The molecule has 2 rings (SSSR count). The number of nitrogens with one attached hydrogen (secondary N) is 2. The maximum absolute atomic E-state index is 10.1. The van der Waals surface area contributed by atoms with Gasteiger partial charge in [0.05, 0.1) is 5.69 Å². The first-order valence-corrected chi connectivity index (χ1v) is 5.03. The summed E-state index contributed by atoms with van der Waals surface area (Å²) in [6.45, 7) is 1.84. The lowest BCUT2D eigenvalue weighted by Crippen LogP contribution is -2.21. The number of aryl methyl sites for hydroxylation is 1. The number of amides is 1. The van der Waals surface area contributed by atoms with E-state index in [-0.39, 0.29) is 5.95 Å². The Balaban J connectivity index is 2.29. The number of carbonyl (C=O) groups excluding carboxylic acids is 1. The van der Waals surface area contributed by atoms with E-state index in [1.54, 1.807) is 0 Å². The number of hydrogen-bond donors (Lipinski definition) is 2. The van der Waals surface area contributed by atoms with E-state index >= 15 is 0 Å². The summed E-state index contributed by atoms with van der Waals surface area (Å²) in [5, 5.41) is 7.93. The lowest BCUT2D eigenvalue weighted by molar-refractivity contribution is -0.109. The highest BCUT2D eigenvalue weighted by Crippen LogP contribution is 2.18. The van der Waals surface area contributed by atoms with Crippen molar-refractivity contribution < 1.29 is 4.79 Å². The summed E-state index contributed by atoms with van der Waals surface area (Å²) in [6.07, 6.45) is 0.504. The van der Waals surface area contributed by atoms with Crippen molar-refractivity contribution in [2.24, 2.45) is 0 Å². The van der Waals surface area contributed by atoms with E-state index in [0.29, 0.717) is 6.41 Å². The first-order valence-electron chi connectivity index (χ1n) is 5.03. The summed E-state index contributed by atoms with van der Waals surface area (Å²) < 4.78 is 0. The van der Waals surface area contributed by atoms with Crippen LogP contribution in [0.5, 0.6) is 0 Å². The Morgan fingerprint density at radius 1 is 1.18 bits per heavy atom. The zero-order valence-corrected chi connectivity index (χ0v) is 9.21. The highest BCUT2D eigenvalue weighted by atomic mass is 16.1. The van der Waals surface area contributed by atoms with Crippen LogP contribution in [0.4, 0.5) is 5.95 Å². The number of nitrogens with zero attached hydrogens (tertiary/aromatic N) is 3. The molecule has 0 atom stereocenters. The largest absolute Gasteiger partial charge is 0.277 e. The van der Waals surface area contributed by atoms with Gasteiger partial charge in [0.25, 0.3) is 5.95 Å². The highest BCUT2D eigenvalue weighted by Gasteiger charge is 2.06. The van der Waals surface area contributed by atoms with Crippen LogP contribution in [0, 0.1) is 6.92 Å². The van der Waals surface area contributed by atoms with Crippen molar-refractivity contribution >= 4 is 12.4 Å². The molecule has 0 radical (unpaired) electrons. The van der Waals surface area contributed by atoms with Gasteiger partial charge in [-0.1, -0.05) is 30.3 Å². The first kappa shape index (κ1) is 11.0. The van der Waals surface area contributed by atoms with Gasteiger partial charge >= 0.3 is 0 Å². The Bertz CT molecular complexity index is 515. The lowest BCUT2D eigenvalue weighted by atomic mass is 10.1. The molecule has 0 spiro atoms. The van der Waals surface area contributed by atoms with Gasteiger partial charge in [-0.25, -0.2) is 4.98 Å². The van der Waals surface area contributed by atoms with Crippen LogP contribution in [0.2, 0.25) is 0 Å². The van der Waals surface area contributed by atoms with Crippen LogP contribution < -0.4 is 10.9 Å². The standard InChI is InChI=1S/C11H11N5O/c1-8-10(9-5-3-2-4-6-9)14-16-11(13-8)15-12-7-17/h2-7H,1H3,(H,12,17)(H,13,15,16). The minimum absolute atomic E-state index is 0.259. The minimum Gasteiger partial charge on any atom is -0.277 e. The van der Waals surface area contributed by atoms with Crippen LogP contribution in [-0.2, 0) is 4.79 Å². The molecule has 0 bridgehead atoms. The van der Waals surface area contributed by atoms with Crippen molar-refractivity contribution in [2.45, 2.75) is 6.92 Å². The Labute approximate surface area is 98.1 Å². The van der Waals surface area contributed by atoms with Gasteiger partial charge < -0.3 is 0 Å². The van der Waals surface area contributed by atoms with Crippen LogP contribution in [0.15, 0.2) is 30.3 Å². The average Bonchev–Trinajstić information content (AvgIpc) is 2.37. The monoisotopic (exact) mass is 229 g/mol. The van der Waals surface area contributed by atoms with Gasteiger partial charge in [0.2, 0.25) is 6.41 Å². The molecule has 0 unspecified atom stereocenters. The molecular formula is C11H11N5O. The maximum Gasteiger partial charge on any atom is 0.261 e. The molecule has 6 heteroatoms. The van der Waals surface area contributed by atoms with Crippen LogP contribution in [0.3, 0.4) is 0 Å². The van der Waals surface area contributed by atoms with Crippen molar-refractivity contribution in [2.75, 3.05) is 5.43 Å². The van der Waals surface area contributed by atoms with E-state index in [2.05, 4.69) is 26.0 Å². The minimum atomic E-state index is 0.259. The summed E-state index contributed by atoms with van der Waals surface area (Å²) in [7, 11) is 0. The maximum atomic E-state index is 10.1. The zero-order chi connectivity index (χ0) is 12.1. The molecule has 0 aliphatic heterocycles. The molecule has 2 aromatic rings. The van der Waals surface area contributed by atoms with Crippen molar-refractivity contribution in [3.8, 4) is 11.3 Å². The number of aromatic nitrogens is 3. The van der Waals surface area contributed by atoms with Gasteiger partial charge in [0.1, 0.15) is 5.69 Å². The second-order valence-electron chi connectivity index (χ2n) is 3.32. The van der Waals surface area contributed by atoms with Crippen LogP contribution in [-0.4, -0.2) is 21.6 Å². The predicted octanol–water partition coefficient (Wildman–Crippen LogP) is 0.920. The summed E-state index contributed by atoms with van der Waals surface area (Å²) in [5.74, 6) is 0.259. The Morgan fingerprint density at radius 2 is 1.94 bits per heavy atom. The Morgan fingerprint density at radius 3 is 2.59 bits per heavy atom. The molecule has 2 N–H and O–H groups in total. The third kappa shape index (κ3) is 2.54. The van der Waals surface area contributed by atoms with E-state index in [9.17, 15) is 4.79 Å². The van der Waals surface area contributed by atoms with Gasteiger partial charge in [-0.15, -0.1) is 10.2 Å².